The number of benzene rings is 3. The molecule has 4 rings (SSSR count). The zero-order chi connectivity index (χ0) is 25.1. The number of carbonyl (C=O) groups excluding carboxylic acids is 2. The minimum atomic E-state index is -0.449. The number of Topliss-reactive ketones (excluding diaryl/α,β-unsaturated/α-hetero) is 1. The Morgan fingerprint density at radius 2 is 1.74 bits per heavy atom. The van der Waals surface area contributed by atoms with Gasteiger partial charge in [0.2, 0.25) is 0 Å². The SMILES string of the molecule is COc1cc(-c2cc(C(=O)NC(=S)Nc3ccc(C)cc3)c3cc(C(C)=O)ccc3n2)ccc1O. The van der Waals surface area contributed by atoms with Crippen molar-refractivity contribution in [1.29, 1.82) is 0 Å². The van der Waals surface area contributed by atoms with Gasteiger partial charge >= 0.3 is 0 Å². The molecule has 176 valence electrons. The molecule has 0 radical (unpaired) electrons. The van der Waals surface area contributed by atoms with Gasteiger partial charge in [-0.15, -0.1) is 0 Å². The average Bonchev–Trinajstić information content (AvgIpc) is 2.84. The van der Waals surface area contributed by atoms with Crippen molar-refractivity contribution >= 4 is 45.6 Å². The molecule has 0 aliphatic carbocycles. The summed E-state index contributed by atoms with van der Waals surface area (Å²) >= 11 is 5.35. The molecule has 4 aromatic rings. The Morgan fingerprint density at radius 1 is 1.00 bits per heavy atom. The molecule has 0 saturated heterocycles. The van der Waals surface area contributed by atoms with E-state index in [2.05, 4.69) is 15.6 Å². The molecule has 0 aliphatic heterocycles. The van der Waals surface area contributed by atoms with Crippen molar-refractivity contribution in [1.82, 2.24) is 10.3 Å². The highest BCUT2D eigenvalue weighted by molar-refractivity contribution is 7.80. The highest BCUT2D eigenvalue weighted by atomic mass is 32.1. The summed E-state index contributed by atoms with van der Waals surface area (Å²) in [5.41, 5.74) is 4.29. The molecule has 3 aromatic carbocycles. The Bertz CT molecular complexity index is 1470. The van der Waals surface area contributed by atoms with Crippen LogP contribution in [0, 0.1) is 6.92 Å². The van der Waals surface area contributed by atoms with Crippen molar-refractivity contribution in [2.45, 2.75) is 13.8 Å². The third-order valence-electron chi connectivity index (χ3n) is 5.47. The van der Waals surface area contributed by atoms with Crippen molar-refractivity contribution in [2.75, 3.05) is 12.4 Å². The van der Waals surface area contributed by atoms with E-state index < -0.39 is 5.91 Å². The van der Waals surface area contributed by atoms with Crippen LogP contribution in [-0.2, 0) is 0 Å². The maximum absolute atomic E-state index is 13.3. The number of methoxy groups -OCH3 is 1. The largest absolute Gasteiger partial charge is 0.504 e. The van der Waals surface area contributed by atoms with Crippen molar-refractivity contribution in [3.8, 4) is 22.8 Å². The number of amides is 1. The van der Waals surface area contributed by atoms with Crippen LogP contribution in [0.2, 0.25) is 0 Å². The number of aromatic hydroxyl groups is 1. The van der Waals surface area contributed by atoms with Gasteiger partial charge in [0, 0.05) is 22.2 Å². The van der Waals surface area contributed by atoms with Gasteiger partial charge in [0.15, 0.2) is 22.4 Å². The molecule has 0 atom stereocenters. The maximum atomic E-state index is 13.3. The molecule has 0 fully saturated rings. The molecule has 0 saturated carbocycles. The lowest BCUT2D eigenvalue weighted by molar-refractivity contribution is 0.0976. The Labute approximate surface area is 207 Å². The van der Waals surface area contributed by atoms with Crippen LogP contribution in [0.4, 0.5) is 5.69 Å². The van der Waals surface area contributed by atoms with E-state index in [9.17, 15) is 14.7 Å². The van der Waals surface area contributed by atoms with Crippen LogP contribution in [0.25, 0.3) is 22.2 Å². The van der Waals surface area contributed by atoms with E-state index >= 15 is 0 Å². The highest BCUT2D eigenvalue weighted by Crippen LogP contribution is 2.32. The standard InChI is InChI=1S/C27H23N3O4S/c1-15-4-8-19(9-5-15)28-27(35)30-26(33)21-14-23(18-7-11-24(32)25(13-18)34-3)29-22-10-6-17(16(2)31)12-20(21)22/h4-14,32H,1-3H3,(H2,28,30,33,35). The Hall–Kier alpha value is -4.30. The first-order valence-corrected chi connectivity index (χ1v) is 11.2. The second-order valence-corrected chi connectivity index (χ2v) is 8.41. The average molecular weight is 486 g/mol. The van der Waals surface area contributed by atoms with Crippen LogP contribution in [0.3, 0.4) is 0 Å². The first kappa shape index (κ1) is 23.8. The Kier molecular flexibility index (Phi) is 6.75. The minimum Gasteiger partial charge on any atom is -0.504 e. The highest BCUT2D eigenvalue weighted by Gasteiger charge is 2.17. The van der Waals surface area contributed by atoms with Crippen molar-refractivity contribution in [2.24, 2.45) is 0 Å². The number of thiocarbonyl (C=S) groups is 1. The monoisotopic (exact) mass is 485 g/mol. The summed E-state index contributed by atoms with van der Waals surface area (Å²) in [6, 6.07) is 19.1. The van der Waals surface area contributed by atoms with Gasteiger partial charge < -0.3 is 15.2 Å². The molecule has 7 nitrogen and oxygen atoms in total. The fourth-order valence-corrected chi connectivity index (χ4v) is 3.80. The number of phenolic OH excluding ortho intramolecular Hbond substituents is 1. The minimum absolute atomic E-state index is 0.00589. The molecule has 35 heavy (non-hydrogen) atoms. The second kappa shape index (κ2) is 9.90. The van der Waals surface area contributed by atoms with E-state index in [-0.39, 0.29) is 22.4 Å². The summed E-state index contributed by atoms with van der Waals surface area (Å²) < 4.78 is 5.21. The predicted molar refractivity (Wildman–Crippen MR) is 140 cm³/mol. The number of carbonyl (C=O) groups is 2. The van der Waals surface area contributed by atoms with Gasteiger partial charge in [0.05, 0.1) is 23.9 Å². The number of rotatable bonds is 5. The number of nitrogens with zero attached hydrogens (tertiary/aromatic N) is 1. The van der Waals surface area contributed by atoms with Crippen molar-refractivity contribution in [3.05, 3.63) is 83.4 Å². The molecular formula is C27H23N3O4S. The lowest BCUT2D eigenvalue weighted by Gasteiger charge is -2.14. The maximum Gasteiger partial charge on any atom is 0.258 e. The quantitative estimate of drug-likeness (QED) is 0.262. The van der Waals surface area contributed by atoms with Crippen molar-refractivity contribution in [3.63, 3.8) is 0 Å². The number of pyridine rings is 1. The second-order valence-electron chi connectivity index (χ2n) is 8.00. The summed E-state index contributed by atoms with van der Waals surface area (Å²) in [7, 11) is 1.46. The molecule has 0 aliphatic rings. The molecular weight excluding hydrogens is 462 g/mol. The molecule has 1 aromatic heterocycles. The van der Waals surface area contributed by atoms with E-state index in [0.29, 0.717) is 33.3 Å². The van der Waals surface area contributed by atoms with Gasteiger partial charge in [0.1, 0.15) is 0 Å². The number of hydrogen-bond donors (Lipinski definition) is 3. The van der Waals surface area contributed by atoms with Crippen LogP contribution in [0.5, 0.6) is 11.5 Å². The third-order valence-corrected chi connectivity index (χ3v) is 5.68. The normalized spacial score (nSPS) is 10.6. The molecule has 3 N–H and O–H groups in total. The van der Waals surface area contributed by atoms with Gasteiger partial charge in [0.25, 0.3) is 5.91 Å². The fourth-order valence-electron chi connectivity index (χ4n) is 3.59. The first-order valence-electron chi connectivity index (χ1n) is 10.8. The fraction of sp³-hybridized carbons (Fsp3) is 0.111. The molecule has 0 spiro atoms. The van der Waals surface area contributed by atoms with Gasteiger partial charge in [-0.1, -0.05) is 17.7 Å². The molecule has 1 heterocycles. The lowest BCUT2D eigenvalue weighted by Crippen LogP contribution is -2.34. The summed E-state index contributed by atoms with van der Waals surface area (Å²) in [6.07, 6.45) is 0. The molecule has 0 bridgehead atoms. The number of hydrogen-bond acceptors (Lipinski definition) is 6. The summed E-state index contributed by atoms with van der Waals surface area (Å²) in [5, 5.41) is 16.3. The predicted octanol–water partition coefficient (Wildman–Crippen LogP) is 5.25. The topological polar surface area (TPSA) is 101 Å². The Morgan fingerprint density at radius 3 is 2.43 bits per heavy atom. The van der Waals surface area contributed by atoms with E-state index in [1.807, 2.05) is 31.2 Å². The number of aryl methyl sites for hydroxylation is 1. The van der Waals surface area contributed by atoms with Crippen molar-refractivity contribution < 1.29 is 19.4 Å². The molecule has 8 heteroatoms. The van der Waals surface area contributed by atoms with E-state index in [1.54, 1.807) is 36.4 Å². The molecule has 1 amide bonds. The van der Waals surface area contributed by atoms with E-state index in [0.717, 1.165) is 11.3 Å². The van der Waals surface area contributed by atoms with Gasteiger partial charge in [-0.05, 0) is 80.7 Å². The van der Waals surface area contributed by atoms with Crippen LogP contribution < -0.4 is 15.4 Å². The van der Waals surface area contributed by atoms with Crippen LogP contribution >= 0.6 is 12.2 Å². The number of phenols is 1. The number of fused-ring (bicyclic) bond motifs is 1. The summed E-state index contributed by atoms with van der Waals surface area (Å²) in [5.74, 6) is -0.295. The first-order chi connectivity index (χ1) is 16.7. The summed E-state index contributed by atoms with van der Waals surface area (Å²) in [4.78, 5) is 30.0. The number of ketones is 1. The number of ether oxygens (including phenoxy) is 1. The van der Waals surface area contributed by atoms with Gasteiger partial charge in [-0.2, -0.15) is 0 Å². The summed E-state index contributed by atoms with van der Waals surface area (Å²) in [6.45, 7) is 3.45. The smallest absolute Gasteiger partial charge is 0.258 e. The van der Waals surface area contributed by atoms with Crippen LogP contribution in [-0.4, -0.2) is 34.0 Å². The zero-order valence-electron chi connectivity index (χ0n) is 19.4. The third kappa shape index (κ3) is 5.28. The lowest BCUT2D eigenvalue weighted by atomic mass is 10.0. The number of anilines is 1. The van der Waals surface area contributed by atoms with Gasteiger partial charge in [-0.25, -0.2) is 4.98 Å². The van der Waals surface area contributed by atoms with Crippen LogP contribution in [0.1, 0.15) is 33.2 Å². The number of nitrogens with one attached hydrogen (secondary N) is 2. The van der Waals surface area contributed by atoms with E-state index in [4.69, 9.17) is 17.0 Å². The van der Waals surface area contributed by atoms with E-state index in [1.165, 1.54) is 20.1 Å². The van der Waals surface area contributed by atoms with Crippen LogP contribution in [0.15, 0.2) is 66.7 Å². The molecule has 0 unspecified atom stereocenters. The Balaban J connectivity index is 1.75. The van der Waals surface area contributed by atoms with Gasteiger partial charge in [-0.3, -0.25) is 14.9 Å². The zero-order valence-corrected chi connectivity index (χ0v) is 20.2. The number of aromatic nitrogens is 1.